The van der Waals surface area contributed by atoms with Crippen molar-refractivity contribution in [1.82, 2.24) is 0 Å². The Kier molecular flexibility index (Phi) is 6.35. The molecule has 0 radical (unpaired) electrons. The van der Waals surface area contributed by atoms with Gasteiger partial charge in [-0.05, 0) is 13.3 Å². The average molecular weight is 179 g/mol. The maximum atomic E-state index is 5.50. The second-order valence-electron chi connectivity index (χ2n) is 2.49. The largest absolute Gasteiger partial charge is 0.154 e. The minimum Gasteiger partial charge on any atom is -0.154 e. The van der Waals surface area contributed by atoms with Crippen LogP contribution < -0.4 is 0 Å². The van der Waals surface area contributed by atoms with Gasteiger partial charge < -0.3 is 0 Å². The van der Waals surface area contributed by atoms with Crippen LogP contribution in [0, 0.1) is 0 Å². The van der Waals surface area contributed by atoms with Crippen molar-refractivity contribution in [2.45, 2.75) is 32.4 Å². The van der Waals surface area contributed by atoms with E-state index >= 15 is 0 Å². The Hall–Kier alpha value is 0.380. The zero-order valence-electron chi connectivity index (χ0n) is 6.86. The molecule has 0 aromatic heterocycles. The summed E-state index contributed by atoms with van der Waals surface area (Å²) in [5.41, 5.74) is 2.92. The van der Waals surface area contributed by atoms with Crippen molar-refractivity contribution in [2.75, 3.05) is 5.75 Å². The van der Waals surface area contributed by atoms with Crippen LogP contribution in [0.15, 0.2) is 11.1 Å². The number of halogens is 1. The monoisotopic (exact) mass is 178 g/mol. The molecule has 60 valence electrons. The third-order valence-corrected chi connectivity index (χ3v) is 3.25. The molecule has 0 fully saturated rings. The predicted molar refractivity (Wildman–Crippen MR) is 51.8 cm³/mol. The fraction of sp³-hybridized carbons (Fsp3) is 0.750. The van der Waals surface area contributed by atoms with E-state index in [-0.39, 0.29) is 0 Å². The van der Waals surface area contributed by atoms with Crippen LogP contribution in [0.25, 0.3) is 0 Å². The van der Waals surface area contributed by atoms with Crippen LogP contribution in [-0.2, 0) is 0 Å². The van der Waals surface area contributed by atoms with E-state index in [1.165, 1.54) is 12.0 Å². The van der Waals surface area contributed by atoms with Crippen LogP contribution >= 0.6 is 23.4 Å². The van der Waals surface area contributed by atoms with Gasteiger partial charge >= 0.3 is 0 Å². The van der Waals surface area contributed by atoms with E-state index in [2.05, 4.69) is 20.8 Å². The minimum absolute atomic E-state index is 0.756. The average Bonchev–Trinajstić information content (AvgIpc) is 1.99. The van der Waals surface area contributed by atoms with Gasteiger partial charge in [0.15, 0.2) is 0 Å². The summed E-state index contributed by atoms with van der Waals surface area (Å²) >= 11 is 7.46. The molecule has 1 unspecified atom stereocenters. The van der Waals surface area contributed by atoms with Gasteiger partial charge in [0.25, 0.3) is 0 Å². The van der Waals surface area contributed by atoms with Crippen molar-refractivity contribution in [3.05, 3.63) is 11.1 Å². The van der Waals surface area contributed by atoms with Gasteiger partial charge in [-0.25, -0.2) is 0 Å². The van der Waals surface area contributed by atoms with Crippen LogP contribution in [0.1, 0.15) is 27.2 Å². The Morgan fingerprint density at radius 1 is 1.70 bits per heavy atom. The highest BCUT2D eigenvalue weighted by Gasteiger charge is 1.97. The first-order chi connectivity index (χ1) is 4.70. The first-order valence-corrected chi connectivity index (χ1v) is 5.06. The molecule has 0 aliphatic rings. The predicted octanol–water partition coefficient (Wildman–Crippen LogP) is 3.66. The third-order valence-electron chi connectivity index (χ3n) is 1.36. The van der Waals surface area contributed by atoms with Crippen LogP contribution in [-0.4, -0.2) is 11.0 Å². The first-order valence-electron chi connectivity index (χ1n) is 3.58. The Bertz CT molecular complexity index is 110. The molecule has 0 rings (SSSR count). The van der Waals surface area contributed by atoms with Crippen molar-refractivity contribution in [3.63, 3.8) is 0 Å². The van der Waals surface area contributed by atoms with Crippen molar-refractivity contribution in [2.24, 2.45) is 0 Å². The van der Waals surface area contributed by atoms with Crippen molar-refractivity contribution in [1.29, 1.82) is 0 Å². The van der Waals surface area contributed by atoms with Crippen molar-refractivity contribution in [3.8, 4) is 0 Å². The summed E-state index contributed by atoms with van der Waals surface area (Å²) in [5.74, 6) is 1.07. The highest BCUT2D eigenvalue weighted by Crippen LogP contribution is 2.16. The molecule has 0 aliphatic carbocycles. The Morgan fingerprint density at radius 3 is 2.70 bits per heavy atom. The van der Waals surface area contributed by atoms with E-state index in [1.54, 1.807) is 5.54 Å². The fourth-order valence-corrected chi connectivity index (χ4v) is 1.46. The lowest BCUT2D eigenvalue weighted by Crippen LogP contribution is -1.94. The second-order valence-corrected chi connectivity index (χ2v) is 4.13. The smallest absolute Gasteiger partial charge is 0.0154 e. The van der Waals surface area contributed by atoms with Gasteiger partial charge in [-0.2, -0.15) is 11.8 Å². The lowest BCUT2D eigenvalue weighted by Gasteiger charge is -2.06. The summed E-state index contributed by atoms with van der Waals surface area (Å²) in [6, 6.07) is 0. The van der Waals surface area contributed by atoms with E-state index in [9.17, 15) is 0 Å². The number of rotatable bonds is 4. The SMILES string of the molecule is CCC(C)SC/C(C)=C/Cl. The number of hydrogen-bond donors (Lipinski definition) is 0. The zero-order chi connectivity index (χ0) is 7.98. The van der Waals surface area contributed by atoms with Gasteiger partial charge in [0.05, 0.1) is 0 Å². The zero-order valence-corrected chi connectivity index (χ0v) is 8.43. The second kappa shape index (κ2) is 6.11. The standard InChI is InChI=1S/C8H15ClS/c1-4-8(3)10-6-7(2)5-9/h5,8H,4,6H2,1-3H3/b7-5+. The molecule has 10 heavy (non-hydrogen) atoms. The van der Waals surface area contributed by atoms with E-state index in [1.807, 2.05) is 11.8 Å². The molecule has 0 aliphatic heterocycles. The van der Waals surface area contributed by atoms with Gasteiger partial charge in [0.1, 0.15) is 0 Å². The summed E-state index contributed by atoms with van der Waals surface area (Å²) in [6.45, 7) is 6.51. The van der Waals surface area contributed by atoms with Gasteiger partial charge in [-0.1, -0.05) is 31.0 Å². The Balaban J connectivity index is 3.35. The fourth-order valence-electron chi connectivity index (χ4n) is 0.423. The number of thioether (sulfide) groups is 1. The molecule has 0 saturated carbocycles. The lowest BCUT2D eigenvalue weighted by atomic mass is 10.4. The highest BCUT2D eigenvalue weighted by molar-refractivity contribution is 8.00. The Labute approximate surface area is 73.0 Å². The summed E-state index contributed by atoms with van der Waals surface area (Å²) in [6.07, 6.45) is 1.24. The van der Waals surface area contributed by atoms with E-state index in [0.717, 1.165) is 11.0 Å². The van der Waals surface area contributed by atoms with Crippen LogP contribution in [0.2, 0.25) is 0 Å². The highest BCUT2D eigenvalue weighted by atomic mass is 35.5. The van der Waals surface area contributed by atoms with Gasteiger partial charge in [-0.15, -0.1) is 0 Å². The maximum absolute atomic E-state index is 5.50. The maximum Gasteiger partial charge on any atom is 0.0154 e. The summed E-state index contributed by atoms with van der Waals surface area (Å²) in [7, 11) is 0. The summed E-state index contributed by atoms with van der Waals surface area (Å²) in [4.78, 5) is 0. The topological polar surface area (TPSA) is 0 Å². The summed E-state index contributed by atoms with van der Waals surface area (Å²) < 4.78 is 0. The van der Waals surface area contributed by atoms with E-state index < -0.39 is 0 Å². The molecular weight excluding hydrogens is 164 g/mol. The molecule has 0 aromatic carbocycles. The molecular formula is C8H15ClS. The van der Waals surface area contributed by atoms with Gasteiger partial charge in [-0.3, -0.25) is 0 Å². The van der Waals surface area contributed by atoms with Crippen LogP contribution in [0.4, 0.5) is 0 Å². The summed E-state index contributed by atoms with van der Waals surface area (Å²) in [5, 5.41) is 0.756. The van der Waals surface area contributed by atoms with Crippen LogP contribution in [0.5, 0.6) is 0 Å². The molecule has 0 spiro atoms. The molecule has 0 heterocycles. The van der Waals surface area contributed by atoms with Crippen molar-refractivity contribution >= 4 is 23.4 Å². The quantitative estimate of drug-likeness (QED) is 0.633. The number of hydrogen-bond acceptors (Lipinski definition) is 1. The normalized spacial score (nSPS) is 15.4. The molecule has 0 aromatic rings. The molecule has 1 atom stereocenters. The molecule has 0 amide bonds. The van der Waals surface area contributed by atoms with Crippen molar-refractivity contribution < 1.29 is 0 Å². The lowest BCUT2D eigenvalue weighted by molar-refractivity contribution is 0.907. The molecule has 2 heteroatoms. The third kappa shape index (κ3) is 5.19. The van der Waals surface area contributed by atoms with Crippen LogP contribution in [0.3, 0.4) is 0 Å². The van der Waals surface area contributed by atoms with Gasteiger partial charge in [0.2, 0.25) is 0 Å². The Morgan fingerprint density at radius 2 is 2.30 bits per heavy atom. The van der Waals surface area contributed by atoms with E-state index in [4.69, 9.17) is 11.6 Å². The van der Waals surface area contributed by atoms with Gasteiger partial charge in [0, 0.05) is 16.5 Å². The molecule has 0 N–H and O–H groups in total. The molecule has 0 nitrogen and oxygen atoms in total. The van der Waals surface area contributed by atoms with E-state index in [0.29, 0.717) is 0 Å². The molecule has 0 saturated heterocycles. The molecule has 0 bridgehead atoms. The minimum atomic E-state index is 0.756. The first kappa shape index (κ1) is 10.4.